The first kappa shape index (κ1) is 18.1. The van der Waals surface area contributed by atoms with E-state index in [0.717, 1.165) is 43.4 Å². The third kappa shape index (κ3) is 8.15. The smallest absolute Gasteiger partial charge is 0.133 e. The molecule has 21 heavy (non-hydrogen) atoms. The summed E-state index contributed by atoms with van der Waals surface area (Å²) in [7, 11) is 0. The van der Waals surface area contributed by atoms with E-state index in [1.165, 1.54) is 31.4 Å². The van der Waals surface area contributed by atoms with E-state index in [4.69, 9.17) is 0 Å². The van der Waals surface area contributed by atoms with Crippen LogP contribution in [0.15, 0.2) is 6.07 Å². The van der Waals surface area contributed by atoms with Gasteiger partial charge in [0.1, 0.15) is 17.5 Å². The number of aromatic nitrogens is 2. The van der Waals surface area contributed by atoms with E-state index >= 15 is 0 Å². The van der Waals surface area contributed by atoms with Crippen molar-refractivity contribution < 1.29 is 0 Å². The zero-order valence-electron chi connectivity index (χ0n) is 13.7. The molecule has 5 heteroatoms. The molecule has 1 aromatic rings. The monoisotopic (exact) mass is 310 g/mol. The second-order valence-corrected chi connectivity index (χ2v) is 6.15. The van der Waals surface area contributed by atoms with Gasteiger partial charge in [-0.15, -0.1) is 0 Å². The molecule has 0 spiro atoms. The highest BCUT2D eigenvalue weighted by atomic mass is 32.2. The number of unbranched alkanes of at least 4 members (excludes halogenated alkanes) is 3. The molecular formula is C16H30N4S. The van der Waals surface area contributed by atoms with Gasteiger partial charge in [0.25, 0.3) is 0 Å². The maximum absolute atomic E-state index is 4.59. The van der Waals surface area contributed by atoms with Crippen LogP contribution in [-0.4, -0.2) is 35.1 Å². The van der Waals surface area contributed by atoms with Gasteiger partial charge in [-0.25, -0.2) is 9.97 Å². The summed E-state index contributed by atoms with van der Waals surface area (Å²) in [6.45, 7) is 6.12. The van der Waals surface area contributed by atoms with Crippen molar-refractivity contribution >= 4 is 23.4 Å². The molecule has 0 aromatic carbocycles. The highest BCUT2D eigenvalue weighted by Crippen LogP contribution is 2.13. The Kier molecular flexibility index (Phi) is 10.0. The fraction of sp³-hybridized carbons (Fsp3) is 0.750. The fourth-order valence-corrected chi connectivity index (χ4v) is 2.63. The van der Waals surface area contributed by atoms with E-state index in [0.29, 0.717) is 0 Å². The van der Waals surface area contributed by atoms with E-state index < -0.39 is 0 Å². The van der Waals surface area contributed by atoms with Crippen molar-refractivity contribution in [2.75, 3.05) is 35.7 Å². The minimum atomic E-state index is 0.886. The summed E-state index contributed by atoms with van der Waals surface area (Å²) in [5, 5.41) is 6.71. The summed E-state index contributed by atoms with van der Waals surface area (Å²) >= 11 is 1.94. The summed E-state index contributed by atoms with van der Waals surface area (Å²) in [6.07, 6.45) is 9.34. The quantitative estimate of drug-likeness (QED) is 0.567. The lowest BCUT2D eigenvalue weighted by Gasteiger charge is -2.10. The predicted molar refractivity (Wildman–Crippen MR) is 95.5 cm³/mol. The van der Waals surface area contributed by atoms with Gasteiger partial charge in [-0.2, -0.15) is 11.8 Å². The Morgan fingerprint density at radius 3 is 2.38 bits per heavy atom. The molecule has 0 saturated carbocycles. The fourth-order valence-electron chi connectivity index (χ4n) is 2.14. The minimum absolute atomic E-state index is 0.886. The van der Waals surface area contributed by atoms with Gasteiger partial charge in [0.05, 0.1) is 0 Å². The van der Waals surface area contributed by atoms with E-state index in [2.05, 4.69) is 40.7 Å². The third-order valence-corrected chi connectivity index (χ3v) is 3.88. The molecule has 0 fully saturated rings. The number of rotatable bonds is 12. The van der Waals surface area contributed by atoms with E-state index in [-0.39, 0.29) is 0 Å². The van der Waals surface area contributed by atoms with Crippen LogP contribution in [0.4, 0.5) is 11.6 Å². The van der Waals surface area contributed by atoms with Crippen LogP contribution in [0.5, 0.6) is 0 Å². The van der Waals surface area contributed by atoms with Crippen molar-refractivity contribution in [3.63, 3.8) is 0 Å². The zero-order valence-corrected chi connectivity index (χ0v) is 14.6. The SMILES string of the molecule is CCCc1nc(NCC)cc(NCCCCCCSC)n1. The first-order valence-electron chi connectivity index (χ1n) is 8.14. The van der Waals surface area contributed by atoms with Crippen LogP contribution in [-0.2, 0) is 6.42 Å². The Morgan fingerprint density at radius 1 is 1.00 bits per heavy atom. The van der Waals surface area contributed by atoms with Crippen LogP contribution >= 0.6 is 11.8 Å². The van der Waals surface area contributed by atoms with Crippen LogP contribution in [0, 0.1) is 0 Å². The van der Waals surface area contributed by atoms with Crippen molar-refractivity contribution in [3.8, 4) is 0 Å². The average Bonchev–Trinajstić information content (AvgIpc) is 2.47. The number of nitrogens with zero attached hydrogens (tertiary/aromatic N) is 2. The Labute approximate surface area is 133 Å². The van der Waals surface area contributed by atoms with Crippen molar-refractivity contribution in [3.05, 3.63) is 11.9 Å². The number of aryl methyl sites for hydroxylation is 1. The summed E-state index contributed by atoms with van der Waals surface area (Å²) in [5.41, 5.74) is 0. The number of nitrogens with one attached hydrogen (secondary N) is 2. The lowest BCUT2D eigenvalue weighted by Crippen LogP contribution is -2.09. The summed E-state index contributed by atoms with van der Waals surface area (Å²) < 4.78 is 0. The van der Waals surface area contributed by atoms with Gasteiger partial charge >= 0.3 is 0 Å². The van der Waals surface area contributed by atoms with Crippen LogP contribution < -0.4 is 10.6 Å². The van der Waals surface area contributed by atoms with Crippen molar-refractivity contribution in [1.82, 2.24) is 9.97 Å². The van der Waals surface area contributed by atoms with E-state index in [9.17, 15) is 0 Å². The minimum Gasteiger partial charge on any atom is -0.370 e. The maximum atomic E-state index is 4.59. The van der Waals surface area contributed by atoms with Gasteiger partial charge in [0.2, 0.25) is 0 Å². The Hall–Kier alpha value is -0.970. The molecule has 1 heterocycles. The molecule has 0 amide bonds. The van der Waals surface area contributed by atoms with Gasteiger partial charge in [0, 0.05) is 25.6 Å². The van der Waals surface area contributed by atoms with Crippen molar-refractivity contribution in [2.45, 2.75) is 52.4 Å². The molecule has 0 radical (unpaired) electrons. The standard InChI is InChI=1S/C16H30N4S/c1-4-10-14-19-15(17-5-2)13-16(20-14)18-11-8-6-7-9-12-21-3/h13H,4-12H2,1-3H3,(H2,17,18,19,20). The number of anilines is 2. The number of hydrogen-bond donors (Lipinski definition) is 2. The van der Waals surface area contributed by atoms with E-state index in [1.807, 2.05) is 17.8 Å². The van der Waals surface area contributed by atoms with Crippen LogP contribution in [0.3, 0.4) is 0 Å². The van der Waals surface area contributed by atoms with Gasteiger partial charge in [0.15, 0.2) is 0 Å². The molecule has 4 nitrogen and oxygen atoms in total. The van der Waals surface area contributed by atoms with Crippen LogP contribution in [0.2, 0.25) is 0 Å². The second kappa shape index (κ2) is 11.7. The molecule has 0 unspecified atom stereocenters. The Morgan fingerprint density at radius 2 is 1.71 bits per heavy atom. The predicted octanol–water partition coefficient (Wildman–Crippen LogP) is 4.20. The molecule has 0 saturated heterocycles. The van der Waals surface area contributed by atoms with Gasteiger partial charge in [-0.3, -0.25) is 0 Å². The summed E-state index contributed by atoms with van der Waals surface area (Å²) in [5.74, 6) is 4.09. The highest BCUT2D eigenvalue weighted by Gasteiger charge is 2.03. The topological polar surface area (TPSA) is 49.8 Å². The lowest BCUT2D eigenvalue weighted by atomic mass is 10.2. The van der Waals surface area contributed by atoms with Crippen LogP contribution in [0.1, 0.15) is 51.8 Å². The molecule has 0 aliphatic rings. The van der Waals surface area contributed by atoms with Crippen molar-refractivity contribution in [2.24, 2.45) is 0 Å². The van der Waals surface area contributed by atoms with Gasteiger partial charge in [-0.1, -0.05) is 19.8 Å². The maximum Gasteiger partial charge on any atom is 0.133 e. The highest BCUT2D eigenvalue weighted by molar-refractivity contribution is 7.98. The molecule has 120 valence electrons. The summed E-state index contributed by atoms with van der Waals surface area (Å²) in [4.78, 5) is 9.11. The number of hydrogen-bond acceptors (Lipinski definition) is 5. The van der Waals surface area contributed by atoms with Crippen LogP contribution in [0.25, 0.3) is 0 Å². The zero-order chi connectivity index (χ0) is 15.3. The molecule has 1 rings (SSSR count). The molecule has 1 aromatic heterocycles. The van der Waals surface area contributed by atoms with E-state index in [1.54, 1.807) is 0 Å². The van der Waals surface area contributed by atoms with Gasteiger partial charge < -0.3 is 10.6 Å². The normalized spacial score (nSPS) is 10.6. The summed E-state index contributed by atoms with van der Waals surface area (Å²) in [6, 6.07) is 2.01. The average molecular weight is 311 g/mol. The molecule has 0 aliphatic heterocycles. The van der Waals surface area contributed by atoms with Crippen molar-refractivity contribution in [1.29, 1.82) is 0 Å². The molecule has 2 N–H and O–H groups in total. The Balaban J connectivity index is 2.38. The molecule has 0 bridgehead atoms. The molecule has 0 atom stereocenters. The molecular weight excluding hydrogens is 280 g/mol. The first-order chi connectivity index (χ1) is 10.3. The second-order valence-electron chi connectivity index (χ2n) is 5.17. The lowest BCUT2D eigenvalue weighted by molar-refractivity contribution is 0.688. The Bertz CT molecular complexity index is 360. The third-order valence-electron chi connectivity index (χ3n) is 3.19. The molecule has 0 aliphatic carbocycles. The largest absolute Gasteiger partial charge is 0.370 e. The van der Waals surface area contributed by atoms with Gasteiger partial charge in [-0.05, 0) is 38.2 Å². The number of thioether (sulfide) groups is 1. The first-order valence-corrected chi connectivity index (χ1v) is 9.54.